The number of carbonyl (C=O) groups excluding carboxylic acids is 2. The Labute approximate surface area is 159 Å². The number of hydrogen-bond donors (Lipinski definition) is 1. The first-order valence-electron chi connectivity index (χ1n) is 7.74. The molecule has 0 aliphatic rings. The monoisotopic (exact) mass is 386 g/mol. The van der Waals surface area contributed by atoms with Crippen molar-refractivity contribution in [2.24, 2.45) is 0 Å². The maximum absolute atomic E-state index is 12.3. The minimum Gasteiger partial charge on any atom is -0.465 e. The molecule has 2 aromatic carbocycles. The van der Waals surface area contributed by atoms with Crippen LogP contribution in [0.3, 0.4) is 0 Å². The number of halogens is 1. The summed E-state index contributed by atoms with van der Waals surface area (Å²) < 4.78 is 4.68. The molecule has 0 radical (unpaired) electrons. The van der Waals surface area contributed by atoms with Gasteiger partial charge in [0.25, 0.3) is 0 Å². The van der Waals surface area contributed by atoms with Crippen LogP contribution in [0, 0.1) is 0 Å². The van der Waals surface area contributed by atoms with Crippen molar-refractivity contribution in [2.75, 3.05) is 12.4 Å². The average Bonchev–Trinajstić information content (AvgIpc) is 3.09. The number of methoxy groups -OCH3 is 1. The van der Waals surface area contributed by atoms with E-state index in [0.717, 1.165) is 10.6 Å². The van der Waals surface area contributed by atoms with Crippen molar-refractivity contribution >= 4 is 40.5 Å². The molecular weight excluding hydrogens is 372 g/mol. The Balaban J connectivity index is 1.68. The van der Waals surface area contributed by atoms with E-state index in [4.69, 9.17) is 11.6 Å². The van der Waals surface area contributed by atoms with Crippen molar-refractivity contribution in [3.05, 3.63) is 70.2 Å². The van der Waals surface area contributed by atoms with Crippen LogP contribution in [0.4, 0.5) is 5.69 Å². The molecule has 1 amide bonds. The van der Waals surface area contributed by atoms with Crippen LogP contribution < -0.4 is 5.32 Å². The molecule has 3 rings (SSSR count). The van der Waals surface area contributed by atoms with E-state index in [1.54, 1.807) is 30.3 Å². The maximum atomic E-state index is 12.3. The second kappa shape index (κ2) is 8.12. The molecule has 0 fully saturated rings. The zero-order valence-corrected chi connectivity index (χ0v) is 15.4. The number of nitrogens with zero attached hydrogens (tertiary/aromatic N) is 1. The highest BCUT2D eigenvalue weighted by molar-refractivity contribution is 7.13. The van der Waals surface area contributed by atoms with E-state index in [-0.39, 0.29) is 12.3 Å². The van der Waals surface area contributed by atoms with Gasteiger partial charge in [0.1, 0.15) is 5.01 Å². The smallest absolute Gasteiger partial charge is 0.337 e. The fourth-order valence-corrected chi connectivity index (χ4v) is 3.50. The molecule has 0 aliphatic heterocycles. The zero-order valence-electron chi connectivity index (χ0n) is 13.9. The molecule has 1 aromatic heterocycles. The van der Waals surface area contributed by atoms with Crippen molar-refractivity contribution in [2.45, 2.75) is 6.42 Å². The van der Waals surface area contributed by atoms with E-state index in [9.17, 15) is 9.59 Å². The summed E-state index contributed by atoms with van der Waals surface area (Å²) in [6, 6.07) is 14.0. The normalized spacial score (nSPS) is 10.4. The van der Waals surface area contributed by atoms with Gasteiger partial charge in [0, 0.05) is 16.6 Å². The van der Waals surface area contributed by atoms with Gasteiger partial charge in [-0.3, -0.25) is 4.79 Å². The van der Waals surface area contributed by atoms with Gasteiger partial charge in [-0.1, -0.05) is 35.9 Å². The van der Waals surface area contributed by atoms with Crippen molar-refractivity contribution in [1.29, 1.82) is 0 Å². The molecule has 0 bridgehead atoms. The number of rotatable bonds is 5. The Morgan fingerprint density at radius 2 is 2.00 bits per heavy atom. The number of anilines is 1. The first-order valence-corrected chi connectivity index (χ1v) is 9.00. The zero-order chi connectivity index (χ0) is 18.5. The lowest BCUT2D eigenvalue weighted by Gasteiger charge is -2.06. The topological polar surface area (TPSA) is 68.3 Å². The van der Waals surface area contributed by atoms with E-state index < -0.39 is 5.97 Å². The Kier molecular flexibility index (Phi) is 5.65. The van der Waals surface area contributed by atoms with Gasteiger partial charge >= 0.3 is 5.97 Å². The fourth-order valence-electron chi connectivity index (χ4n) is 2.36. The third kappa shape index (κ3) is 4.28. The molecular formula is C19H15ClN2O3S. The van der Waals surface area contributed by atoms with E-state index in [1.807, 2.05) is 23.6 Å². The number of ether oxygens (including phenoxy) is 1. The molecule has 132 valence electrons. The molecule has 0 saturated heterocycles. The standard InChI is InChI=1S/C19H15ClN2O3S/c1-25-19(24)12-5-4-6-13(9-12)21-17(23)10-14-11-26-18(22-14)15-7-2-3-8-16(15)20/h2-9,11H,10H2,1H3,(H,21,23). The van der Waals surface area contributed by atoms with E-state index in [0.29, 0.717) is 22.0 Å². The highest BCUT2D eigenvalue weighted by Crippen LogP contribution is 2.30. The van der Waals surface area contributed by atoms with Gasteiger partial charge in [-0.25, -0.2) is 9.78 Å². The number of nitrogens with one attached hydrogen (secondary N) is 1. The van der Waals surface area contributed by atoms with E-state index >= 15 is 0 Å². The fraction of sp³-hybridized carbons (Fsp3) is 0.105. The van der Waals surface area contributed by atoms with Gasteiger partial charge < -0.3 is 10.1 Å². The molecule has 0 saturated carbocycles. The minimum absolute atomic E-state index is 0.128. The van der Waals surface area contributed by atoms with Gasteiger partial charge in [0.15, 0.2) is 0 Å². The number of carbonyl (C=O) groups is 2. The minimum atomic E-state index is -0.454. The summed E-state index contributed by atoms with van der Waals surface area (Å²) in [5, 5.41) is 5.99. The highest BCUT2D eigenvalue weighted by Gasteiger charge is 2.12. The number of amides is 1. The largest absolute Gasteiger partial charge is 0.465 e. The highest BCUT2D eigenvalue weighted by atomic mass is 35.5. The Morgan fingerprint density at radius 1 is 1.19 bits per heavy atom. The summed E-state index contributed by atoms with van der Waals surface area (Å²) in [5.41, 5.74) is 2.41. The van der Waals surface area contributed by atoms with E-state index in [2.05, 4.69) is 15.0 Å². The van der Waals surface area contributed by atoms with Crippen LogP contribution in [0.15, 0.2) is 53.9 Å². The molecule has 0 aliphatic carbocycles. The van der Waals surface area contributed by atoms with Crippen molar-refractivity contribution in [3.8, 4) is 10.6 Å². The Bertz CT molecular complexity index is 955. The van der Waals surface area contributed by atoms with Crippen LogP contribution in [-0.4, -0.2) is 24.0 Å². The van der Waals surface area contributed by atoms with E-state index in [1.165, 1.54) is 18.4 Å². The number of hydrogen-bond acceptors (Lipinski definition) is 5. The lowest BCUT2D eigenvalue weighted by Crippen LogP contribution is -2.15. The number of esters is 1. The number of benzene rings is 2. The predicted octanol–water partition coefficient (Wildman–Crippen LogP) is 4.43. The molecule has 0 unspecified atom stereocenters. The molecule has 0 spiro atoms. The van der Waals surface area contributed by atoms with Crippen LogP contribution in [0.5, 0.6) is 0 Å². The summed E-state index contributed by atoms with van der Waals surface area (Å²) in [6.07, 6.45) is 0.128. The van der Waals surface area contributed by atoms with Gasteiger partial charge in [0.2, 0.25) is 5.91 Å². The van der Waals surface area contributed by atoms with Crippen molar-refractivity contribution in [1.82, 2.24) is 4.98 Å². The lowest BCUT2D eigenvalue weighted by atomic mass is 10.2. The summed E-state index contributed by atoms with van der Waals surface area (Å²) >= 11 is 7.62. The van der Waals surface area contributed by atoms with Crippen LogP contribution >= 0.6 is 22.9 Å². The maximum Gasteiger partial charge on any atom is 0.337 e. The Hall–Kier alpha value is -2.70. The van der Waals surface area contributed by atoms with Gasteiger partial charge in [-0.2, -0.15) is 0 Å². The summed E-state index contributed by atoms with van der Waals surface area (Å²) in [5.74, 6) is -0.673. The first-order chi connectivity index (χ1) is 12.6. The molecule has 26 heavy (non-hydrogen) atoms. The van der Waals surface area contributed by atoms with Gasteiger partial charge in [-0.15, -0.1) is 11.3 Å². The Morgan fingerprint density at radius 3 is 2.77 bits per heavy atom. The summed E-state index contributed by atoms with van der Waals surface area (Å²) in [6.45, 7) is 0. The molecule has 7 heteroatoms. The SMILES string of the molecule is COC(=O)c1cccc(NC(=O)Cc2csc(-c3ccccc3Cl)n2)c1. The van der Waals surface area contributed by atoms with Crippen molar-refractivity contribution in [3.63, 3.8) is 0 Å². The molecule has 0 atom stereocenters. The lowest BCUT2D eigenvalue weighted by molar-refractivity contribution is -0.115. The van der Waals surface area contributed by atoms with Crippen LogP contribution in [0.25, 0.3) is 10.6 Å². The molecule has 1 N–H and O–H groups in total. The number of thiazole rings is 1. The van der Waals surface area contributed by atoms with Crippen LogP contribution in [0.2, 0.25) is 5.02 Å². The second-order valence-electron chi connectivity index (χ2n) is 5.42. The predicted molar refractivity (Wildman–Crippen MR) is 103 cm³/mol. The molecule has 3 aromatic rings. The van der Waals surface area contributed by atoms with Crippen molar-refractivity contribution < 1.29 is 14.3 Å². The van der Waals surface area contributed by atoms with Crippen LogP contribution in [0.1, 0.15) is 16.1 Å². The van der Waals surface area contributed by atoms with Gasteiger partial charge in [0.05, 0.1) is 29.8 Å². The summed E-state index contributed by atoms with van der Waals surface area (Å²) in [4.78, 5) is 28.3. The van der Waals surface area contributed by atoms with Gasteiger partial charge in [-0.05, 0) is 24.3 Å². The summed E-state index contributed by atoms with van der Waals surface area (Å²) in [7, 11) is 1.31. The molecule has 5 nitrogen and oxygen atoms in total. The third-order valence-electron chi connectivity index (χ3n) is 3.57. The average molecular weight is 387 g/mol. The third-order valence-corrected chi connectivity index (χ3v) is 4.82. The first kappa shape index (κ1) is 18.1. The quantitative estimate of drug-likeness (QED) is 0.658. The second-order valence-corrected chi connectivity index (χ2v) is 6.69. The van der Waals surface area contributed by atoms with Crippen LogP contribution in [-0.2, 0) is 16.0 Å². The number of aromatic nitrogens is 1. The molecule has 1 heterocycles.